The van der Waals surface area contributed by atoms with Gasteiger partial charge in [0, 0.05) is 74.0 Å². The van der Waals surface area contributed by atoms with Gasteiger partial charge in [-0.25, -0.2) is 0 Å². The summed E-state index contributed by atoms with van der Waals surface area (Å²) < 4.78 is 150. The van der Waals surface area contributed by atoms with E-state index in [0.717, 1.165) is 91.5 Å². The van der Waals surface area contributed by atoms with E-state index in [9.17, 15) is 77.5 Å². The predicted molar refractivity (Wildman–Crippen MR) is 349 cm³/mol. The summed E-state index contributed by atoms with van der Waals surface area (Å²) in [5.41, 5.74) is -6.97. The molecule has 4 fully saturated rings. The van der Waals surface area contributed by atoms with E-state index in [1.165, 1.54) is 50.3 Å². The minimum atomic E-state index is -4.96. The van der Waals surface area contributed by atoms with Crippen molar-refractivity contribution < 1.29 is 86.9 Å². The van der Waals surface area contributed by atoms with Crippen LogP contribution in [-0.4, -0.2) is 156 Å². The fourth-order valence-corrected chi connectivity index (χ4v) is 14.0. The SMILES string of the molecule is CC(C)N(C(=O)c1cc2c(cc1C(F)(F)F)OC(C)(C)C(=O)N2CCNC(=O)C(F)F)C1CCC(CCN(C(=O)C(C)(C)c2ccc(Cl)cc2)C2CC2)CC1.CC(C)N(C(=O)c1cc2c(cc1C(F)(F)F)OC(C)(C)C(=O)N2CCNC(=O)C(F)F)C1CCC(CCNC2CC2)CC1. The van der Waals surface area contributed by atoms with Crippen LogP contribution in [0.5, 0.6) is 11.5 Å². The second kappa shape index (κ2) is 30.9. The van der Waals surface area contributed by atoms with Crippen molar-refractivity contribution in [1.82, 2.24) is 30.7 Å². The highest BCUT2D eigenvalue weighted by Gasteiger charge is 2.49. The number of alkyl halides is 10. The first-order valence-electron chi connectivity index (χ1n) is 33.8. The number of nitrogens with one attached hydrogen (secondary N) is 3. The molecule has 9 rings (SSSR count). The normalized spacial score (nSPS) is 20.8. The molecule has 0 atom stereocenters. The predicted octanol–water partition coefficient (Wildman–Crippen LogP) is 13.2. The molecule has 4 aliphatic carbocycles. The Morgan fingerprint density at radius 3 is 1.32 bits per heavy atom. The van der Waals surface area contributed by atoms with Crippen LogP contribution in [0.25, 0.3) is 0 Å². The summed E-state index contributed by atoms with van der Waals surface area (Å²) in [6.07, 6.45) is -4.63. The van der Waals surface area contributed by atoms with Gasteiger partial charge in [0.25, 0.3) is 35.4 Å². The maximum absolute atomic E-state index is 14.7. The molecule has 0 unspecified atom stereocenters. The smallest absolute Gasteiger partial charge is 0.417 e. The van der Waals surface area contributed by atoms with Crippen LogP contribution in [0.2, 0.25) is 5.02 Å². The van der Waals surface area contributed by atoms with Gasteiger partial charge in [-0.2, -0.15) is 43.9 Å². The second-order valence-corrected chi connectivity index (χ2v) is 29.1. The second-order valence-electron chi connectivity index (χ2n) is 28.7. The molecule has 0 bridgehead atoms. The van der Waals surface area contributed by atoms with Gasteiger partial charge in [0.2, 0.25) is 5.91 Å². The Balaban J connectivity index is 0.000000258. The van der Waals surface area contributed by atoms with Crippen LogP contribution >= 0.6 is 11.6 Å². The van der Waals surface area contributed by atoms with E-state index < -0.39 is 112 Å². The van der Waals surface area contributed by atoms with Crippen LogP contribution < -0.4 is 35.2 Å². The van der Waals surface area contributed by atoms with Crippen LogP contribution in [0.1, 0.15) is 197 Å². The number of fused-ring (bicyclic) bond motifs is 2. The van der Waals surface area contributed by atoms with Gasteiger partial charge in [-0.05, 0) is 219 Å². The number of rotatable bonds is 24. The maximum Gasteiger partial charge on any atom is 0.417 e. The number of halogens is 11. The first kappa shape index (κ1) is 76.8. The van der Waals surface area contributed by atoms with Crippen molar-refractivity contribution in [2.75, 3.05) is 49.1 Å². The Bertz CT molecular complexity index is 3380. The van der Waals surface area contributed by atoms with Gasteiger partial charge in [0.05, 0.1) is 39.0 Å². The number of hydrogen-bond acceptors (Lipinski definition) is 10. The van der Waals surface area contributed by atoms with E-state index in [0.29, 0.717) is 55.3 Å². The average Bonchev–Trinajstić information content (AvgIpc) is 1.72. The monoisotopic (exact) mass is 1410 g/mol. The number of anilines is 2. The molecular weight excluding hydrogens is 1320 g/mol. The van der Waals surface area contributed by atoms with Crippen molar-refractivity contribution in [2.45, 2.75) is 237 Å². The number of hydrogen-bond donors (Lipinski definition) is 3. The molecule has 17 nitrogen and oxygen atoms in total. The van der Waals surface area contributed by atoms with Crippen molar-refractivity contribution in [2.24, 2.45) is 11.8 Å². The molecule has 3 N–H and O–H groups in total. The molecule has 3 aromatic carbocycles. The molecule has 4 saturated carbocycles. The lowest BCUT2D eigenvalue weighted by Gasteiger charge is -2.41. The largest absolute Gasteiger partial charge is 0.476 e. The summed E-state index contributed by atoms with van der Waals surface area (Å²) in [4.78, 5) is 98.8. The van der Waals surface area contributed by atoms with Gasteiger partial charge in [-0.3, -0.25) is 33.6 Å². The Labute approximate surface area is 570 Å². The fraction of sp³-hybridized carbons (Fsp3) is 0.643. The number of amides is 7. The summed E-state index contributed by atoms with van der Waals surface area (Å²) in [6.45, 7) is 16.4. The molecule has 98 heavy (non-hydrogen) atoms. The zero-order chi connectivity index (χ0) is 72.3. The van der Waals surface area contributed by atoms with Gasteiger partial charge in [-0.1, -0.05) is 23.7 Å². The molecule has 2 aliphatic heterocycles. The molecule has 0 spiro atoms. The van der Waals surface area contributed by atoms with Gasteiger partial charge in [0.1, 0.15) is 11.5 Å². The quantitative estimate of drug-likeness (QED) is 0.0728. The minimum Gasteiger partial charge on any atom is -0.476 e. The summed E-state index contributed by atoms with van der Waals surface area (Å²) in [5, 5.41) is 8.11. The summed E-state index contributed by atoms with van der Waals surface area (Å²) in [6, 6.07) is 10.1. The first-order valence-corrected chi connectivity index (χ1v) is 34.2. The van der Waals surface area contributed by atoms with Crippen molar-refractivity contribution >= 4 is 64.3 Å². The van der Waals surface area contributed by atoms with Gasteiger partial charge < -0.3 is 49.9 Å². The van der Waals surface area contributed by atoms with E-state index in [1.54, 1.807) is 39.8 Å². The average molecular weight is 1410 g/mol. The van der Waals surface area contributed by atoms with Gasteiger partial charge >= 0.3 is 25.2 Å². The molecule has 28 heteroatoms. The third-order valence-corrected chi connectivity index (χ3v) is 19.7. The lowest BCUT2D eigenvalue weighted by Crippen LogP contribution is -2.54. The Hall–Kier alpha value is -6.90. The van der Waals surface area contributed by atoms with Crippen molar-refractivity contribution in [1.29, 1.82) is 0 Å². The van der Waals surface area contributed by atoms with Crippen molar-refractivity contribution in [3.05, 3.63) is 81.4 Å². The summed E-state index contributed by atoms with van der Waals surface area (Å²) in [7, 11) is 0. The first-order chi connectivity index (χ1) is 45.7. The number of carbonyl (C=O) groups is 7. The molecule has 542 valence electrons. The highest BCUT2D eigenvalue weighted by Crippen LogP contribution is 2.48. The van der Waals surface area contributed by atoms with E-state index in [1.807, 2.05) is 41.5 Å². The topological polar surface area (TPSA) is 190 Å². The highest BCUT2D eigenvalue weighted by molar-refractivity contribution is 6.30. The molecule has 6 aliphatic rings. The zero-order valence-corrected chi connectivity index (χ0v) is 57.9. The van der Waals surface area contributed by atoms with Gasteiger partial charge in [-0.15, -0.1) is 0 Å². The van der Waals surface area contributed by atoms with E-state index in [-0.39, 0.29) is 78.5 Å². The Morgan fingerprint density at radius 2 is 0.959 bits per heavy atom. The summed E-state index contributed by atoms with van der Waals surface area (Å²) in [5.74, 6) is -5.86. The number of carbonyl (C=O) groups excluding carboxylic acids is 7. The number of ether oxygens (including phenoxy) is 2. The molecule has 0 saturated heterocycles. The standard InChI is InChI=1S/C40H50ClF5N4O5.C30H41F5N4O4/c1-23(2)50(28-13-7-24(8-14-28)17-19-48(27-15-16-27)36(53)38(3,4)25-9-11-26(41)12-10-25)35(52)29-21-31-32(22-30(29)40(44,45)46)55-39(5,6)37(54)49(31)20-18-47-34(51)33(42)43;1-17(2)39(20-9-5-18(6-10-20)11-12-36-19-7-8-19)27(41)21-15-23-24(16-22(21)30(33,34)35)43-29(3,4)28(42)38(23)14-13-37-26(40)25(31)32/h9-12,21-24,27-28,33H,7-8,13-20H2,1-6H3,(H,47,51);15-20,25,36H,5-14H2,1-4H3,(H,37,40). The van der Waals surface area contributed by atoms with E-state index >= 15 is 0 Å². The van der Waals surface area contributed by atoms with Crippen LogP contribution in [0.15, 0.2) is 48.5 Å². The third-order valence-electron chi connectivity index (χ3n) is 19.5. The van der Waals surface area contributed by atoms with E-state index in [2.05, 4.69) is 5.32 Å². The molecular formula is C70H91ClF10N8O9. The Kier molecular flexibility index (Phi) is 24.2. The van der Waals surface area contributed by atoms with Crippen LogP contribution in [0, 0.1) is 11.8 Å². The molecule has 0 aromatic heterocycles. The molecule has 0 radical (unpaired) electrons. The summed E-state index contributed by atoms with van der Waals surface area (Å²) >= 11 is 6.09. The molecule has 3 aromatic rings. The highest BCUT2D eigenvalue weighted by atomic mass is 35.5. The third kappa shape index (κ3) is 18.4. The van der Waals surface area contributed by atoms with E-state index in [4.69, 9.17) is 21.1 Å². The lowest BCUT2D eigenvalue weighted by molar-refractivity contribution is -0.139. The molecule has 2 heterocycles. The minimum absolute atomic E-state index is 0.0558. The number of nitrogens with zero attached hydrogens (tertiary/aromatic N) is 5. The fourth-order valence-electron chi connectivity index (χ4n) is 13.9. The molecule has 7 amide bonds. The van der Waals surface area contributed by atoms with Crippen molar-refractivity contribution in [3.8, 4) is 11.5 Å². The van der Waals surface area contributed by atoms with Crippen LogP contribution in [0.4, 0.5) is 55.3 Å². The zero-order valence-electron chi connectivity index (χ0n) is 57.1. The number of benzene rings is 3. The van der Waals surface area contributed by atoms with Crippen LogP contribution in [0.3, 0.4) is 0 Å². The van der Waals surface area contributed by atoms with Crippen molar-refractivity contribution in [3.63, 3.8) is 0 Å². The van der Waals surface area contributed by atoms with Crippen LogP contribution in [-0.2, 0) is 41.7 Å². The Morgan fingerprint density at radius 1 is 0.571 bits per heavy atom. The van der Waals surface area contributed by atoms with Gasteiger partial charge in [0.15, 0.2) is 11.2 Å². The lowest BCUT2D eigenvalue weighted by atomic mass is 9.81. The maximum atomic E-state index is 14.7.